The Hall–Kier alpha value is -2.74. The lowest BCUT2D eigenvalue weighted by Gasteiger charge is -2.17. The fraction of sp³-hybridized carbons (Fsp3) is 0.300. The number of carbonyl (C=O) groups excluding carboxylic acids is 2. The van der Waals surface area contributed by atoms with Crippen molar-refractivity contribution in [2.75, 3.05) is 13.2 Å². The SMILES string of the molecule is C=CCOC(CC=C)C(=C)C(=O)OOOC(=O)C(=C)C(CC=C)OCC=C. The van der Waals surface area contributed by atoms with Crippen LogP contribution in [-0.2, 0) is 33.9 Å². The smallest absolute Gasteiger partial charge is 0.369 e. The molecule has 0 saturated heterocycles. The minimum Gasteiger partial charge on any atom is -0.369 e. The van der Waals surface area contributed by atoms with E-state index in [0.29, 0.717) is 12.8 Å². The first kappa shape index (κ1) is 24.3. The summed E-state index contributed by atoms with van der Waals surface area (Å²) in [4.78, 5) is 32.6. The van der Waals surface area contributed by atoms with E-state index in [2.05, 4.69) is 54.3 Å². The standard InChI is InChI=1S/C20H26O7/c1-7-11-17(23-13-9-3)15(5)19(21)25-27-26-20(22)16(6)18(12-8-2)24-14-10-4/h7-10,17-18H,1-6,11-14H2. The Kier molecular flexibility index (Phi) is 13.0. The molecule has 0 fully saturated rings. The molecule has 0 rings (SSSR count). The third-order valence-corrected chi connectivity index (χ3v) is 3.11. The summed E-state index contributed by atoms with van der Waals surface area (Å²) in [5.41, 5.74) is -0.0732. The van der Waals surface area contributed by atoms with Crippen molar-refractivity contribution in [2.24, 2.45) is 0 Å². The number of carbonyl (C=O) groups is 2. The van der Waals surface area contributed by atoms with Crippen LogP contribution in [0, 0.1) is 0 Å². The van der Waals surface area contributed by atoms with E-state index in [1.54, 1.807) is 12.2 Å². The van der Waals surface area contributed by atoms with Gasteiger partial charge in [0.2, 0.25) is 0 Å². The summed E-state index contributed by atoms with van der Waals surface area (Å²) in [5.74, 6) is -1.93. The molecule has 0 heterocycles. The second kappa shape index (κ2) is 14.4. The van der Waals surface area contributed by atoms with Crippen LogP contribution in [0.1, 0.15) is 12.8 Å². The van der Waals surface area contributed by atoms with Crippen LogP contribution in [0.15, 0.2) is 74.9 Å². The summed E-state index contributed by atoms with van der Waals surface area (Å²) in [7, 11) is 0. The molecule has 0 saturated carbocycles. The van der Waals surface area contributed by atoms with Crippen molar-refractivity contribution in [2.45, 2.75) is 25.0 Å². The molecule has 2 unspecified atom stereocenters. The van der Waals surface area contributed by atoms with Crippen LogP contribution in [0.2, 0.25) is 0 Å². The summed E-state index contributed by atoms with van der Waals surface area (Å²) >= 11 is 0. The van der Waals surface area contributed by atoms with Gasteiger partial charge in [-0.2, -0.15) is 0 Å². The third-order valence-electron chi connectivity index (χ3n) is 3.11. The molecule has 0 N–H and O–H groups in total. The first-order valence-electron chi connectivity index (χ1n) is 8.07. The van der Waals surface area contributed by atoms with E-state index in [4.69, 9.17) is 9.47 Å². The van der Waals surface area contributed by atoms with Gasteiger partial charge in [-0.1, -0.05) is 37.5 Å². The van der Waals surface area contributed by atoms with Crippen molar-refractivity contribution in [3.05, 3.63) is 74.9 Å². The Morgan fingerprint density at radius 3 is 1.37 bits per heavy atom. The van der Waals surface area contributed by atoms with Gasteiger partial charge in [0.05, 0.1) is 36.6 Å². The van der Waals surface area contributed by atoms with E-state index in [1.807, 2.05) is 0 Å². The molecule has 0 bridgehead atoms. The van der Waals surface area contributed by atoms with Gasteiger partial charge in [-0.25, -0.2) is 9.59 Å². The largest absolute Gasteiger partial charge is 0.375 e. The first-order valence-corrected chi connectivity index (χ1v) is 8.07. The second-order valence-corrected chi connectivity index (χ2v) is 5.13. The Morgan fingerprint density at radius 1 is 0.704 bits per heavy atom. The van der Waals surface area contributed by atoms with Crippen molar-refractivity contribution in [1.82, 2.24) is 0 Å². The molecule has 0 aromatic rings. The topological polar surface area (TPSA) is 80.3 Å². The normalized spacial score (nSPS) is 12.1. The molecule has 0 aliphatic rings. The second-order valence-electron chi connectivity index (χ2n) is 5.13. The number of hydrogen-bond donors (Lipinski definition) is 0. The lowest BCUT2D eigenvalue weighted by Crippen LogP contribution is -2.25. The van der Waals surface area contributed by atoms with Crippen LogP contribution in [0.25, 0.3) is 0 Å². The summed E-state index contributed by atoms with van der Waals surface area (Å²) in [6, 6.07) is 0. The molecule has 2 atom stereocenters. The highest BCUT2D eigenvalue weighted by Gasteiger charge is 2.24. The minimum atomic E-state index is -0.963. The molecule has 0 aromatic heterocycles. The molecule has 0 spiro atoms. The van der Waals surface area contributed by atoms with E-state index >= 15 is 0 Å². The van der Waals surface area contributed by atoms with Gasteiger partial charge < -0.3 is 9.47 Å². The predicted molar refractivity (Wildman–Crippen MR) is 101 cm³/mol. The fourth-order valence-electron chi connectivity index (χ4n) is 1.74. The van der Waals surface area contributed by atoms with Gasteiger partial charge in [0.15, 0.2) is 0 Å². The summed E-state index contributed by atoms with van der Waals surface area (Å²) in [6.45, 7) is 21.8. The fourth-order valence-corrected chi connectivity index (χ4v) is 1.74. The van der Waals surface area contributed by atoms with Crippen molar-refractivity contribution in [3.8, 4) is 0 Å². The van der Waals surface area contributed by atoms with Crippen molar-refractivity contribution in [1.29, 1.82) is 0 Å². The van der Waals surface area contributed by atoms with E-state index in [0.717, 1.165) is 0 Å². The maximum absolute atomic E-state index is 11.9. The highest BCUT2D eigenvalue weighted by atomic mass is 17.5. The van der Waals surface area contributed by atoms with Crippen LogP contribution in [-0.4, -0.2) is 37.4 Å². The molecular weight excluding hydrogens is 352 g/mol. The zero-order chi connectivity index (χ0) is 20.7. The molecule has 0 aliphatic carbocycles. The molecule has 148 valence electrons. The maximum Gasteiger partial charge on any atom is 0.375 e. The van der Waals surface area contributed by atoms with E-state index in [-0.39, 0.29) is 24.4 Å². The van der Waals surface area contributed by atoms with Gasteiger partial charge >= 0.3 is 11.9 Å². The molecule has 7 nitrogen and oxygen atoms in total. The van der Waals surface area contributed by atoms with Gasteiger partial charge in [0, 0.05) is 5.04 Å². The Labute approximate surface area is 159 Å². The third kappa shape index (κ3) is 9.50. The summed E-state index contributed by atoms with van der Waals surface area (Å²) in [5, 5.41) is 4.24. The molecule has 0 aliphatic heterocycles. The lowest BCUT2D eigenvalue weighted by atomic mass is 10.1. The van der Waals surface area contributed by atoms with Crippen LogP contribution in [0.3, 0.4) is 0 Å². The Morgan fingerprint density at radius 2 is 1.07 bits per heavy atom. The zero-order valence-electron chi connectivity index (χ0n) is 15.4. The molecule has 0 aromatic carbocycles. The Bertz CT molecular complexity index is 527. The van der Waals surface area contributed by atoms with Gasteiger partial charge in [-0.05, 0) is 12.8 Å². The van der Waals surface area contributed by atoms with E-state index in [9.17, 15) is 9.59 Å². The monoisotopic (exact) mass is 378 g/mol. The molecule has 0 radical (unpaired) electrons. The number of rotatable bonds is 16. The quantitative estimate of drug-likeness (QED) is 0.176. The van der Waals surface area contributed by atoms with Gasteiger partial charge in [-0.15, -0.1) is 26.3 Å². The van der Waals surface area contributed by atoms with Crippen LogP contribution >= 0.6 is 0 Å². The van der Waals surface area contributed by atoms with Crippen molar-refractivity contribution >= 4 is 11.9 Å². The average Bonchev–Trinajstić information content (AvgIpc) is 2.66. The zero-order valence-corrected chi connectivity index (χ0v) is 15.4. The average molecular weight is 378 g/mol. The summed E-state index contributed by atoms with van der Waals surface area (Å²) < 4.78 is 10.8. The van der Waals surface area contributed by atoms with Crippen LogP contribution < -0.4 is 0 Å². The molecule has 7 heteroatoms. The minimum absolute atomic E-state index is 0.0366. The highest BCUT2D eigenvalue weighted by molar-refractivity contribution is 5.89. The van der Waals surface area contributed by atoms with E-state index in [1.165, 1.54) is 12.2 Å². The maximum atomic E-state index is 11.9. The number of hydrogen-bond acceptors (Lipinski definition) is 7. The number of ether oxygens (including phenoxy) is 2. The first-order chi connectivity index (χ1) is 12.9. The molecule has 0 amide bonds. The van der Waals surface area contributed by atoms with Crippen molar-refractivity contribution in [3.63, 3.8) is 0 Å². The summed E-state index contributed by atoms with van der Waals surface area (Å²) in [6.07, 6.45) is 5.45. The Balaban J connectivity index is 4.56. The van der Waals surface area contributed by atoms with Gasteiger partial charge in [0.1, 0.15) is 0 Å². The van der Waals surface area contributed by atoms with Crippen LogP contribution in [0.4, 0.5) is 0 Å². The van der Waals surface area contributed by atoms with Gasteiger partial charge in [-0.3, -0.25) is 9.78 Å². The van der Waals surface area contributed by atoms with Crippen molar-refractivity contribution < 1.29 is 33.9 Å². The van der Waals surface area contributed by atoms with E-state index < -0.39 is 24.1 Å². The lowest BCUT2D eigenvalue weighted by molar-refractivity contribution is -0.456. The van der Waals surface area contributed by atoms with Gasteiger partial charge in [0.25, 0.3) is 0 Å². The van der Waals surface area contributed by atoms with Crippen LogP contribution in [0.5, 0.6) is 0 Å². The molecular formula is C20H26O7. The molecule has 27 heavy (non-hydrogen) atoms. The predicted octanol–water partition coefficient (Wildman–Crippen LogP) is 3.33. The highest BCUT2D eigenvalue weighted by Crippen LogP contribution is 2.14.